The van der Waals surface area contributed by atoms with Gasteiger partial charge in [0.05, 0.1) is 23.3 Å². The minimum absolute atomic E-state index is 0.276. The summed E-state index contributed by atoms with van der Waals surface area (Å²) in [4.78, 5) is 29.4. The number of ether oxygens (including phenoxy) is 1. The van der Waals surface area contributed by atoms with Gasteiger partial charge in [-0.1, -0.05) is 11.2 Å². The second-order valence-corrected chi connectivity index (χ2v) is 7.09. The van der Waals surface area contributed by atoms with Crippen LogP contribution >= 0.6 is 0 Å². The molecule has 0 aliphatic heterocycles. The number of nitrogens with zero attached hydrogens (tertiary/aromatic N) is 2. The van der Waals surface area contributed by atoms with Crippen LogP contribution in [0.3, 0.4) is 0 Å². The van der Waals surface area contributed by atoms with Gasteiger partial charge >= 0.3 is 6.09 Å². The second kappa shape index (κ2) is 7.54. The minimum atomic E-state index is -0.538. The van der Waals surface area contributed by atoms with Crippen molar-refractivity contribution in [3.63, 3.8) is 0 Å². The molecule has 1 aliphatic carbocycles. The van der Waals surface area contributed by atoms with Crippen LogP contribution in [0.25, 0.3) is 11.1 Å². The Bertz CT molecular complexity index is 1100. The third-order valence-electron chi connectivity index (χ3n) is 4.97. The molecule has 0 radical (unpaired) electrons. The Labute approximate surface area is 167 Å². The van der Waals surface area contributed by atoms with Gasteiger partial charge in [0.25, 0.3) is 11.6 Å². The maximum Gasteiger partial charge on any atom is 0.411 e. The molecule has 8 heteroatoms. The van der Waals surface area contributed by atoms with Crippen LogP contribution in [-0.2, 0) is 4.74 Å². The van der Waals surface area contributed by atoms with Gasteiger partial charge in [-0.25, -0.2) is 9.78 Å². The van der Waals surface area contributed by atoms with Gasteiger partial charge in [-0.2, -0.15) is 0 Å². The van der Waals surface area contributed by atoms with Crippen LogP contribution in [0.4, 0.5) is 16.2 Å². The third kappa shape index (κ3) is 3.78. The number of nitrogens with one attached hydrogen (secondary N) is 2. The Hall–Kier alpha value is -3.42. The van der Waals surface area contributed by atoms with Gasteiger partial charge in [0, 0.05) is 23.0 Å². The smallest absolute Gasteiger partial charge is 0.411 e. The summed E-state index contributed by atoms with van der Waals surface area (Å²) < 4.78 is 10.2. The van der Waals surface area contributed by atoms with Crippen molar-refractivity contribution in [2.45, 2.75) is 39.5 Å². The molecule has 0 atom stereocenters. The van der Waals surface area contributed by atoms with Crippen molar-refractivity contribution in [3.05, 3.63) is 46.8 Å². The Morgan fingerprint density at radius 1 is 1.21 bits per heavy atom. The molecule has 0 bridgehead atoms. The van der Waals surface area contributed by atoms with Crippen molar-refractivity contribution in [1.82, 2.24) is 10.1 Å². The van der Waals surface area contributed by atoms with Crippen molar-refractivity contribution < 1.29 is 18.8 Å². The highest BCUT2D eigenvalue weighted by molar-refractivity contribution is 6.12. The zero-order chi connectivity index (χ0) is 20.5. The zero-order valence-electron chi connectivity index (χ0n) is 16.5. The van der Waals surface area contributed by atoms with Crippen molar-refractivity contribution in [2.75, 3.05) is 17.2 Å². The monoisotopic (exact) mass is 394 g/mol. The fourth-order valence-corrected chi connectivity index (χ4v) is 3.25. The Morgan fingerprint density at radius 2 is 1.93 bits per heavy atom. The molecule has 29 heavy (non-hydrogen) atoms. The second-order valence-electron chi connectivity index (χ2n) is 7.09. The number of hydrogen-bond acceptors (Lipinski definition) is 6. The lowest BCUT2D eigenvalue weighted by Gasteiger charge is -2.14. The molecule has 2 N–H and O–H groups in total. The SMILES string of the molecule is CCOC(=O)Nc1cccc(NC(=O)c2cc(C3CC3)nc3onc(C)c23)c1C. The number of anilines is 2. The predicted octanol–water partition coefficient (Wildman–Crippen LogP) is 4.54. The average molecular weight is 394 g/mol. The number of carbonyl (C=O) groups is 2. The largest absolute Gasteiger partial charge is 0.450 e. The summed E-state index contributed by atoms with van der Waals surface area (Å²) >= 11 is 0. The van der Waals surface area contributed by atoms with E-state index in [0.29, 0.717) is 39.6 Å². The first-order valence-corrected chi connectivity index (χ1v) is 9.59. The van der Waals surface area contributed by atoms with E-state index in [0.717, 1.165) is 24.1 Å². The van der Waals surface area contributed by atoms with E-state index in [-0.39, 0.29) is 12.5 Å². The predicted molar refractivity (Wildman–Crippen MR) is 108 cm³/mol. The molecule has 1 aliphatic rings. The molecule has 1 saturated carbocycles. The summed E-state index contributed by atoms with van der Waals surface area (Å²) in [6.07, 6.45) is 1.59. The molecule has 1 fully saturated rings. The van der Waals surface area contributed by atoms with Crippen LogP contribution < -0.4 is 10.6 Å². The first-order valence-electron chi connectivity index (χ1n) is 9.59. The van der Waals surface area contributed by atoms with Crippen molar-refractivity contribution in [1.29, 1.82) is 0 Å². The standard InChI is InChI=1S/C21H22N4O4/c1-4-28-21(27)24-16-7-5-6-15(11(16)2)22-19(26)14-10-17(13-8-9-13)23-20-18(14)12(3)25-29-20/h5-7,10,13H,4,8-9H2,1-3H3,(H,22,26)(H,24,27). The van der Waals surface area contributed by atoms with E-state index in [1.54, 1.807) is 32.0 Å². The number of carbonyl (C=O) groups excluding carboxylic acids is 2. The van der Waals surface area contributed by atoms with E-state index in [1.165, 1.54) is 0 Å². The topological polar surface area (TPSA) is 106 Å². The lowest BCUT2D eigenvalue weighted by atomic mass is 10.1. The zero-order valence-corrected chi connectivity index (χ0v) is 16.5. The lowest BCUT2D eigenvalue weighted by Crippen LogP contribution is -2.17. The molecule has 2 heterocycles. The maximum absolute atomic E-state index is 13.1. The first-order chi connectivity index (χ1) is 14.0. The molecule has 3 aromatic rings. The number of aryl methyl sites for hydroxylation is 1. The number of pyridine rings is 1. The molecule has 2 aromatic heterocycles. The Kier molecular flexibility index (Phi) is 4.92. The van der Waals surface area contributed by atoms with E-state index < -0.39 is 6.09 Å². The third-order valence-corrected chi connectivity index (χ3v) is 4.97. The number of amides is 2. The van der Waals surface area contributed by atoms with Gasteiger partial charge < -0.3 is 14.6 Å². The summed E-state index contributed by atoms with van der Waals surface area (Å²) in [5.41, 5.74) is 4.23. The van der Waals surface area contributed by atoms with E-state index in [1.807, 2.05) is 13.0 Å². The molecule has 0 saturated heterocycles. The normalized spacial score (nSPS) is 13.3. The molecular weight excluding hydrogens is 372 g/mol. The van der Waals surface area contributed by atoms with E-state index in [9.17, 15) is 9.59 Å². The Balaban J connectivity index is 1.65. The van der Waals surface area contributed by atoms with Crippen LogP contribution in [0.15, 0.2) is 28.8 Å². The van der Waals surface area contributed by atoms with Crippen molar-refractivity contribution in [3.8, 4) is 0 Å². The van der Waals surface area contributed by atoms with E-state index >= 15 is 0 Å². The summed E-state index contributed by atoms with van der Waals surface area (Å²) in [5.74, 6) is 0.0946. The van der Waals surface area contributed by atoms with Gasteiger partial charge in [-0.15, -0.1) is 0 Å². The van der Waals surface area contributed by atoms with Gasteiger partial charge in [-0.05, 0) is 57.4 Å². The van der Waals surface area contributed by atoms with Crippen molar-refractivity contribution in [2.24, 2.45) is 0 Å². The first kappa shape index (κ1) is 18.9. The van der Waals surface area contributed by atoms with Crippen molar-refractivity contribution >= 4 is 34.5 Å². The molecule has 0 unspecified atom stereocenters. The highest BCUT2D eigenvalue weighted by Gasteiger charge is 2.28. The number of benzene rings is 1. The molecule has 1 aromatic carbocycles. The molecule has 150 valence electrons. The average Bonchev–Trinajstić information content (AvgIpc) is 3.48. The highest BCUT2D eigenvalue weighted by atomic mass is 16.5. The quantitative estimate of drug-likeness (QED) is 0.658. The molecule has 8 nitrogen and oxygen atoms in total. The summed E-state index contributed by atoms with van der Waals surface area (Å²) in [6.45, 7) is 5.62. The van der Waals surface area contributed by atoms with Crippen LogP contribution in [0.5, 0.6) is 0 Å². The molecule has 2 amide bonds. The number of aromatic nitrogens is 2. The van der Waals surface area contributed by atoms with Gasteiger partial charge in [0.2, 0.25) is 0 Å². The van der Waals surface area contributed by atoms with Gasteiger partial charge in [0.1, 0.15) is 0 Å². The molecule has 4 rings (SSSR count). The molecular formula is C21H22N4O4. The Morgan fingerprint density at radius 3 is 2.62 bits per heavy atom. The lowest BCUT2D eigenvalue weighted by molar-refractivity contribution is 0.102. The number of rotatable bonds is 5. The minimum Gasteiger partial charge on any atom is -0.450 e. The van der Waals surface area contributed by atoms with Crippen LogP contribution in [0.1, 0.15) is 53.0 Å². The summed E-state index contributed by atoms with van der Waals surface area (Å²) in [7, 11) is 0. The van der Waals surface area contributed by atoms with Gasteiger partial charge in [0.15, 0.2) is 0 Å². The maximum atomic E-state index is 13.1. The molecule has 0 spiro atoms. The van der Waals surface area contributed by atoms with Crippen LogP contribution in [-0.4, -0.2) is 28.7 Å². The fourth-order valence-electron chi connectivity index (χ4n) is 3.25. The summed E-state index contributed by atoms with van der Waals surface area (Å²) in [5, 5.41) is 10.2. The van der Waals surface area contributed by atoms with Gasteiger partial charge in [-0.3, -0.25) is 10.1 Å². The summed E-state index contributed by atoms with van der Waals surface area (Å²) in [6, 6.07) is 7.12. The van der Waals surface area contributed by atoms with Crippen LogP contribution in [0.2, 0.25) is 0 Å². The highest BCUT2D eigenvalue weighted by Crippen LogP contribution is 2.40. The van der Waals surface area contributed by atoms with E-state index in [4.69, 9.17) is 9.26 Å². The van der Waals surface area contributed by atoms with E-state index in [2.05, 4.69) is 20.8 Å². The number of fused-ring (bicyclic) bond motifs is 1. The fraction of sp³-hybridized carbons (Fsp3) is 0.333. The van der Waals surface area contributed by atoms with Crippen LogP contribution in [0, 0.1) is 13.8 Å². The number of hydrogen-bond donors (Lipinski definition) is 2.